The predicted octanol–water partition coefficient (Wildman–Crippen LogP) is 2.18. The van der Waals surface area contributed by atoms with Gasteiger partial charge in [0.1, 0.15) is 6.04 Å². The van der Waals surface area contributed by atoms with E-state index in [2.05, 4.69) is 5.32 Å². The maximum atomic E-state index is 12.1. The second kappa shape index (κ2) is 7.45. The van der Waals surface area contributed by atoms with E-state index in [1.807, 2.05) is 43.3 Å². The van der Waals surface area contributed by atoms with Gasteiger partial charge in [0.05, 0.1) is 0 Å². The van der Waals surface area contributed by atoms with E-state index < -0.39 is 12.0 Å². The Morgan fingerprint density at radius 3 is 2.17 bits per heavy atom. The Labute approximate surface area is 135 Å². The van der Waals surface area contributed by atoms with Crippen molar-refractivity contribution in [2.75, 3.05) is 19.0 Å². The summed E-state index contributed by atoms with van der Waals surface area (Å²) in [6.07, 6.45) is 0.238. The standard InChI is InChI=1S/C18H20N2O3/c1-20(2)15-10-8-13(9-11-15)12-16(18(22)23)19-17(21)14-6-4-3-5-7-14/h3-11,16H,12H2,1-2H3,(H,19,21)(H,22,23)/t16-/m1/s1. The SMILES string of the molecule is CN(C)c1ccc(C[C@@H](NC(=O)c2ccccc2)C(=O)O)cc1. The molecular formula is C18H20N2O3. The number of aliphatic carboxylic acids is 1. The second-order valence-corrected chi connectivity index (χ2v) is 5.50. The van der Waals surface area contributed by atoms with Gasteiger partial charge in [-0.15, -0.1) is 0 Å². The zero-order valence-corrected chi connectivity index (χ0v) is 13.2. The molecule has 0 aliphatic heterocycles. The first-order chi connectivity index (χ1) is 11.0. The highest BCUT2D eigenvalue weighted by Gasteiger charge is 2.21. The second-order valence-electron chi connectivity index (χ2n) is 5.50. The number of carboxylic acids is 1. The number of carboxylic acid groups (broad SMARTS) is 1. The van der Waals surface area contributed by atoms with Crippen LogP contribution < -0.4 is 10.2 Å². The van der Waals surface area contributed by atoms with Gasteiger partial charge in [0.15, 0.2) is 0 Å². The average molecular weight is 312 g/mol. The number of nitrogens with zero attached hydrogens (tertiary/aromatic N) is 1. The Morgan fingerprint density at radius 1 is 1.04 bits per heavy atom. The molecule has 5 nitrogen and oxygen atoms in total. The lowest BCUT2D eigenvalue weighted by molar-refractivity contribution is -0.139. The van der Waals surface area contributed by atoms with Gasteiger partial charge in [-0.1, -0.05) is 30.3 Å². The van der Waals surface area contributed by atoms with Crippen LogP contribution in [0.15, 0.2) is 54.6 Å². The van der Waals surface area contributed by atoms with Gasteiger partial charge in [-0.2, -0.15) is 0 Å². The van der Waals surface area contributed by atoms with Gasteiger partial charge in [-0.05, 0) is 29.8 Å². The van der Waals surface area contributed by atoms with Gasteiger partial charge < -0.3 is 15.3 Å². The van der Waals surface area contributed by atoms with Crippen LogP contribution in [0.25, 0.3) is 0 Å². The Kier molecular flexibility index (Phi) is 5.36. The summed E-state index contributed by atoms with van der Waals surface area (Å²) < 4.78 is 0. The average Bonchev–Trinajstić information content (AvgIpc) is 2.55. The van der Waals surface area contributed by atoms with Crippen LogP contribution in [0.2, 0.25) is 0 Å². The van der Waals surface area contributed by atoms with Crippen molar-refractivity contribution in [3.63, 3.8) is 0 Å². The van der Waals surface area contributed by atoms with Crippen LogP contribution in [0.4, 0.5) is 5.69 Å². The zero-order chi connectivity index (χ0) is 16.8. The van der Waals surface area contributed by atoms with Gasteiger partial charge >= 0.3 is 5.97 Å². The fourth-order valence-corrected chi connectivity index (χ4v) is 2.20. The molecule has 23 heavy (non-hydrogen) atoms. The number of benzene rings is 2. The smallest absolute Gasteiger partial charge is 0.326 e. The number of rotatable bonds is 6. The summed E-state index contributed by atoms with van der Waals surface area (Å²) in [7, 11) is 3.88. The van der Waals surface area contributed by atoms with E-state index in [9.17, 15) is 14.7 Å². The third kappa shape index (κ3) is 4.57. The van der Waals surface area contributed by atoms with E-state index in [-0.39, 0.29) is 12.3 Å². The quantitative estimate of drug-likeness (QED) is 0.858. The lowest BCUT2D eigenvalue weighted by atomic mass is 10.0. The van der Waals surface area contributed by atoms with Crippen LogP contribution in [0, 0.1) is 0 Å². The third-order valence-corrected chi connectivity index (χ3v) is 3.53. The number of amides is 1. The van der Waals surface area contributed by atoms with Crippen molar-refractivity contribution in [1.29, 1.82) is 0 Å². The van der Waals surface area contributed by atoms with E-state index in [1.165, 1.54) is 0 Å². The summed E-state index contributed by atoms with van der Waals surface area (Å²) in [5.41, 5.74) is 2.34. The minimum atomic E-state index is -1.05. The lowest BCUT2D eigenvalue weighted by Crippen LogP contribution is -2.42. The maximum Gasteiger partial charge on any atom is 0.326 e. The molecule has 1 amide bonds. The molecule has 0 aliphatic carbocycles. The highest BCUT2D eigenvalue weighted by molar-refractivity contribution is 5.96. The van der Waals surface area contributed by atoms with E-state index >= 15 is 0 Å². The molecule has 0 aliphatic rings. The van der Waals surface area contributed by atoms with Crippen LogP contribution in [-0.2, 0) is 11.2 Å². The molecule has 0 unspecified atom stereocenters. The Bertz CT molecular complexity index is 666. The summed E-state index contributed by atoms with van der Waals surface area (Å²) >= 11 is 0. The first-order valence-corrected chi connectivity index (χ1v) is 7.32. The predicted molar refractivity (Wildman–Crippen MR) is 89.8 cm³/mol. The minimum absolute atomic E-state index is 0.238. The molecule has 120 valence electrons. The molecule has 1 atom stereocenters. The van der Waals surface area contributed by atoms with Gasteiger partial charge in [0.25, 0.3) is 5.91 Å². The monoisotopic (exact) mass is 312 g/mol. The largest absolute Gasteiger partial charge is 0.480 e. The fraction of sp³-hybridized carbons (Fsp3) is 0.222. The first kappa shape index (κ1) is 16.5. The summed E-state index contributed by atoms with van der Waals surface area (Å²) in [6, 6.07) is 15.2. The molecule has 0 aromatic heterocycles. The van der Waals surface area contributed by atoms with Crippen molar-refractivity contribution in [3.8, 4) is 0 Å². The molecule has 0 bridgehead atoms. The topological polar surface area (TPSA) is 69.6 Å². The summed E-state index contributed by atoms with van der Waals surface area (Å²) in [5.74, 6) is -1.44. The number of carbonyl (C=O) groups excluding carboxylic acids is 1. The molecule has 0 fully saturated rings. The molecule has 0 heterocycles. The van der Waals surface area contributed by atoms with Crippen molar-refractivity contribution in [3.05, 3.63) is 65.7 Å². The Balaban J connectivity index is 2.07. The number of hydrogen-bond acceptors (Lipinski definition) is 3. The molecule has 0 saturated heterocycles. The van der Waals surface area contributed by atoms with Crippen molar-refractivity contribution >= 4 is 17.6 Å². The lowest BCUT2D eigenvalue weighted by Gasteiger charge is -2.16. The van der Waals surface area contributed by atoms with Gasteiger partial charge in [0.2, 0.25) is 0 Å². The van der Waals surface area contributed by atoms with Crippen LogP contribution in [0.1, 0.15) is 15.9 Å². The summed E-state index contributed by atoms with van der Waals surface area (Å²) in [5, 5.41) is 11.9. The van der Waals surface area contributed by atoms with Crippen LogP contribution in [0.3, 0.4) is 0 Å². The summed E-state index contributed by atoms with van der Waals surface area (Å²) in [4.78, 5) is 25.5. The zero-order valence-electron chi connectivity index (χ0n) is 13.2. The van der Waals surface area contributed by atoms with Crippen LogP contribution in [-0.4, -0.2) is 37.1 Å². The molecule has 2 aromatic rings. The van der Waals surface area contributed by atoms with Crippen molar-refractivity contribution in [2.24, 2.45) is 0 Å². The Morgan fingerprint density at radius 2 is 1.65 bits per heavy atom. The summed E-state index contributed by atoms with van der Waals surface area (Å²) in [6.45, 7) is 0. The van der Waals surface area contributed by atoms with E-state index in [1.54, 1.807) is 30.3 Å². The Hall–Kier alpha value is -2.82. The molecule has 2 aromatic carbocycles. The van der Waals surface area contributed by atoms with Crippen molar-refractivity contribution in [1.82, 2.24) is 5.32 Å². The molecule has 0 radical (unpaired) electrons. The van der Waals surface area contributed by atoms with E-state index in [4.69, 9.17) is 0 Å². The number of anilines is 1. The van der Waals surface area contributed by atoms with Crippen molar-refractivity contribution < 1.29 is 14.7 Å². The molecule has 5 heteroatoms. The maximum absolute atomic E-state index is 12.1. The number of nitrogens with one attached hydrogen (secondary N) is 1. The van der Waals surface area contributed by atoms with Gasteiger partial charge in [-0.25, -0.2) is 4.79 Å². The highest BCUT2D eigenvalue weighted by atomic mass is 16.4. The van der Waals surface area contributed by atoms with Gasteiger partial charge in [-0.3, -0.25) is 4.79 Å². The normalized spacial score (nSPS) is 11.6. The molecule has 2 N–H and O–H groups in total. The number of carbonyl (C=O) groups is 2. The third-order valence-electron chi connectivity index (χ3n) is 3.53. The minimum Gasteiger partial charge on any atom is -0.480 e. The first-order valence-electron chi connectivity index (χ1n) is 7.32. The van der Waals surface area contributed by atoms with E-state index in [0.29, 0.717) is 5.56 Å². The number of hydrogen-bond donors (Lipinski definition) is 2. The molecule has 2 rings (SSSR count). The molecular weight excluding hydrogens is 292 g/mol. The van der Waals surface area contributed by atoms with Crippen LogP contribution in [0.5, 0.6) is 0 Å². The molecule has 0 spiro atoms. The van der Waals surface area contributed by atoms with E-state index in [0.717, 1.165) is 11.3 Å². The van der Waals surface area contributed by atoms with Gasteiger partial charge in [0, 0.05) is 31.8 Å². The highest BCUT2D eigenvalue weighted by Crippen LogP contribution is 2.14. The van der Waals surface area contributed by atoms with Crippen LogP contribution >= 0.6 is 0 Å². The fourth-order valence-electron chi connectivity index (χ4n) is 2.20. The van der Waals surface area contributed by atoms with Crippen molar-refractivity contribution in [2.45, 2.75) is 12.5 Å². The molecule has 0 saturated carbocycles.